The number of hydrogen-bond acceptors (Lipinski definition) is 1. The highest BCUT2D eigenvalue weighted by Crippen LogP contribution is 2.31. The minimum Gasteiger partial charge on any atom is -0.508 e. The summed E-state index contributed by atoms with van der Waals surface area (Å²) in [5, 5.41) is 9.86. The number of aromatic hydroxyl groups is 1. The maximum atomic E-state index is 13.1. The Balaban J connectivity index is 2.58. The van der Waals surface area contributed by atoms with Gasteiger partial charge in [0.25, 0.3) is 0 Å². The van der Waals surface area contributed by atoms with Crippen molar-refractivity contribution >= 4 is 11.6 Å². The predicted molar refractivity (Wildman–Crippen MR) is 63.2 cm³/mol. The molecule has 0 spiro atoms. The first kappa shape index (κ1) is 11.0. The molecule has 0 amide bonds. The lowest BCUT2D eigenvalue weighted by Crippen LogP contribution is -1.83. The summed E-state index contributed by atoms with van der Waals surface area (Å²) in [5.74, 6) is -0.585. The first-order chi connectivity index (χ1) is 7.56. The molecule has 3 heteroatoms. The topological polar surface area (TPSA) is 20.2 Å². The van der Waals surface area contributed by atoms with Gasteiger partial charge < -0.3 is 5.11 Å². The van der Waals surface area contributed by atoms with E-state index in [9.17, 15) is 9.50 Å². The van der Waals surface area contributed by atoms with Crippen molar-refractivity contribution in [1.29, 1.82) is 0 Å². The summed E-state index contributed by atoms with van der Waals surface area (Å²) in [5.41, 5.74) is 2.32. The van der Waals surface area contributed by atoms with E-state index in [0.717, 1.165) is 11.6 Å². The zero-order valence-corrected chi connectivity index (χ0v) is 9.42. The van der Waals surface area contributed by atoms with Crippen molar-refractivity contribution in [2.75, 3.05) is 0 Å². The highest BCUT2D eigenvalue weighted by Gasteiger charge is 2.06. The Kier molecular flexibility index (Phi) is 2.84. The summed E-state index contributed by atoms with van der Waals surface area (Å²) in [4.78, 5) is 0. The summed E-state index contributed by atoms with van der Waals surface area (Å²) in [6.45, 7) is 1.93. The second-order valence-corrected chi connectivity index (χ2v) is 4.09. The molecule has 0 heterocycles. The average Bonchev–Trinajstić information content (AvgIpc) is 2.15. The fraction of sp³-hybridized carbons (Fsp3) is 0.0769. The summed E-state index contributed by atoms with van der Waals surface area (Å²) < 4.78 is 13.1. The molecule has 0 aliphatic heterocycles. The van der Waals surface area contributed by atoms with Gasteiger partial charge in [-0.2, -0.15) is 0 Å². The van der Waals surface area contributed by atoms with Crippen LogP contribution >= 0.6 is 11.6 Å². The van der Waals surface area contributed by atoms with Crippen molar-refractivity contribution in [3.05, 3.63) is 52.8 Å². The second kappa shape index (κ2) is 4.14. The SMILES string of the molecule is Cc1ccc(-c2cc(O)cc(F)c2)c(Cl)c1. The molecule has 0 aliphatic carbocycles. The van der Waals surface area contributed by atoms with Crippen molar-refractivity contribution in [2.24, 2.45) is 0 Å². The molecule has 0 aliphatic rings. The molecule has 0 atom stereocenters. The quantitative estimate of drug-likeness (QED) is 0.788. The van der Waals surface area contributed by atoms with Gasteiger partial charge in [0, 0.05) is 16.7 Å². The van der Waals surface area contributed by atoms with Gasteiger partial charge in [0.1, 0.15) is 11.6 Å². The normalized spacial score (nSPS) is 10.4. The van der Waals surface area contributed by atoms with Crippen molar-refractivity contribution in [3.8, 4) is 16.9 Å². The molecule has 0 fully saturated rings. The van der Waals surface area contributed by atoms with Gasteiger partial charge in [-0.05, 0) is 36.2 Å². The number of phenolic OH excluding ortho intramolecular Hbond substituents is 1. The average molecular weight is 237 g/mol. The van der Waals surface area contributed by atoms with Crippen LogP contribution in [0.2, 0.25) is 5.02 Å². The molecule has 2 aromatic rings. The van der Waals surface area contributed by atoms with E-state index in [-0.39, 0.29) is 5.75 Å². The first-order valence-electron chi connectivity index (χ1n) is 4.82. The summed E-state index contributed by atoms with van der Waals surface area (Å²) >= 11 is 6.06. The summed E-state index contributed by atoms with van der Waals surface area (Å²) in [7, 11) is 0. The second-order valence-electron chi connectivity index (χ2n) is 3.68. The number of aryl methyl sites for hydroxylation is 1. The van der Waals surface area contributed by atoms with Crippen LogP contribution in [0.25, 0.3) is 11.1 Å². The fourth-order valence-electron chi connectivity index (χ4n) is 1.58. The van der Waals surface area contributed by atoms with Crippen molar-refractivity contribution in [2.45, 2.75) is 6.92 Å². The van der Waals surface area contributed by atoms with Crippen LogP contribution in [0.15, 0.2) is 36.4 Å². The summed E-state index contributed by atoms with van der Waals surface area (Å²) in [6, 6.07) is 9.40. The van der Waals surface area contributed by atoms with Crippen LogP contribution < -0.4 is 0 Å². The monoisotopic (exact) mass is 236 g/mol. The molecule has 0 saturated heterocycles. The molecule has 0 aromatic heterocycles. The van der Waals surface area contributed by atoms with Crippen LogP contribution in [0.4, 0.5) is 4.39 Å². The lowest BCUT2D eigenvalue weighted by Gasteiger charge is -2.06. The Morgan fingerprint density at radius 3 is 2.50 bits per heavy atom. The van der Waals surface area contributed by atoms with Gasteiger partial charge in [-0.1, -0.05) is 23.7 Å². The van der Waals surface area contributed by atoms with E-state index in [1.54, 1.807) is 6.07 Å². The first-order valence-corrected chi connectivity index (χ1v) is 5.20. The molecule has 2 aromatic carbocycles. The molecule has 82 valence electrons. The Bertz CT molecular complexity index is 517. The standard InChI is InChI=1S/C13H10ClFO/c1-8-2-3-12(13(14)4-8)9-5-10(15)7-11(16)6-9/h2-7,16H,1H3. The van der Waals surface area contributed by atoms with Gasteiger partial charge in [-0.3, -0.25) is 0 Å². The van der Waals surface area contributed by atoms with Crippen molar-refractivity contribution in [1.82, 2.24) is 0 Å². The maximum absolute atomic E-state index is 13.1. The number of hydrogen-bond donors (Lipinski definition) is 1. The number of rotatable bonds is 1. The Hall–Kier alpha value is -1.54. The zero-order valence-electron chi connectivity index (χ0n) is 8.67. The van der Waals surface area contributed by atoms with Crippen LogP contribution in [-0.2, 0) is 0 Å². The molecule has 2 rings (SSSR count). The molecule has 0 unspecified atom stereocenters. The van der Waals surface area contributed by atoms with Crippen LogP contribution in [0.5, 0.6) is 5.75 Å². The lowest BCUT2D eigenvalue weighted by atomic mass is 10.0. The smallest absolute Gasteiger partial charge is 0.127 e. The van der Waals surface area contributed by atoms with E-state index in [1.807, 2.05) is 19.1 Å². The largest absolute Gasteiger partial charge is 0.508 e. The van der Waals surface area contributed by atoms with E-state index in [0.29, 0.717) is 16.1 Å². The molecule has 16 heavy (non-hydrogen) atoms. The third-order valence-electron chi connectivity index (χ3n) is 2.32. The molecule has 0 radical (unpaired) electrons. The van der Waals surface area contributed by atoms with Crippen LogP contribution in [0.3, 0.4) is 0 Å². The molecular weight excluding hydrogens is 227 g/mol. The van der Waals surface area contributed by atoms with Gasteiger partial charge in [0.2, 0.25) is 0 Å². The maximum Gasteiger partial charge on any atom is 0.127 e. The van der Waals surface area contributed by atoms with Crippen molar-refractivity contribution in [3.63, 3.8) is 0 Å². The van der Waals surface area contributed by atoms with E-state index < -0.39 is 5.82 Å². The van der Waals surface area contributed by atoms with Crippen LogP contribution in [0, 0.1) is 12.7 Å². The molecule has 0 bridgehead atoms. The lowest BCUT2D eigenvalue weighted by molar-refractivity contribution is 0.469. The minimum atomic E-state index is -0.480. The highest BCUT2D eigenvalue weighted by atomic mass is 35.5. The van der Waals surface area contributed by atoms with Gasteiger partial charge in [0.05, 0.1) is 0 Å². The third kappa shape index (κ3) is 2.17. The highest BCUT2D eigenvalue weighted by molar-refractivity contribution is 6.33. The zero-order chi connectivity index (χ0) is 11.7. The van der Waals surface area contributed by atoms with E-state index >= 15 is 0 Å². The Morgan fingerprint density at radius 2 is 1.88 bits per heavy atom. The molecule has 1 nitrogen and oxygen atoms in total. The number of benzene rings is 2. The van der Waals surface area contributed by atoms with E-state index in [4.69, 9.17) is 11.6 Å². The third-order valence-corrected chi connectivity index (χ3v) is 2.63. The van der Waals surface area contributed by atoms with Gasteiger partial charge in [0.15, 0.2) is 0 Å². The van der Waals surface area contributed by atoms with E-state index in [1.165, 1.54) is 12.1 Å². The Labute approximate surface area is 98.1 Å². The van der Waals surface area contributed by atoms with Gasteiger partial charge >= 0.3 is 0 Å². The van der Waals surface area contributed by atoms with Crippen molar-refractivity contribution < 1.29 is 9.50 Å². The Morgan fingerprint density at radius 1 is 1.12 bits per heavy atom. The predicted octanol–water partition coefficient (Wildman–Crippen LogP) is 4.16. The number of halogens is 2. The molecule has 0 saturated carbocycles. The van der Waals surface area contributed by atoms with Gasteiger partial charge in [-0.25, -0.2) is 4.39 Å². The molecular formula is C13H10ClFO. The van der Waals surface area contributed by atoms with E-state index in [2.05, 4.69) is 0 Å². The van der Waals surface area contributed by atoms with Crippen LogP contribution in [0.1, 0.15) is 5.56 Å². The number of phenols is 1. The fourth-order valence-corrected chi connectivity index (χ4v) is 1.93. The minimum absolute atomic E-state index is 0.105. The van der Waals surface area contributed by atoms with Gasteiger partial charge in [-0.15, -0.1) is 0 Å². The van der Waals surface area contributed by atoms with Crippen LogP contribution in [-0.4, -0.2) is 5.11 Å². The summed E-state index contributed by atoms with van der Waals surface area (Å²) in [6.07, 6.45) is 0. The molecule has 1 N–H and O–H groups in total.